The van der Waals surface area contributed by atoms with Crippen LogP contribution in [-0.2, 0) is 0 Å². The molecule has 0 aromatic heterocycles. The fraction of sp³-hybridized carbons (Fsp3) is 1.00. The van der Waals surface area contributed by atoms with Gasteiger partial charge < -0.3 is 10.6 Å². The molecule has 1 saturated heterocycles. The summed E-state index contributed by atoms with van der Waals surface area (Å²) >= 11 is 0. The van der Waals surface area contributed by atoms with E-state index in [1.54, 1.807) is 0 Å². The van der Waals surface area contributed by atoms with Gasteiger partial charge in [-0.05, 0) is 12.3 Å². The third kappa shape index (κ3) is 12.0. The third-order valence-electron chi connectivity index (χ3n) is 5.44. The molecule has 0 radical (unpaired) electrons. The first kappa shape index (κ1) is 21.0. The minimum absolute atomic E-state index is 0.581. The summed E-state index contributed by atoms with van der Waals surface area (Å²) in [5.74, 6) is 0.787. The van der Waals surface area contributed by atoms with Crippen molar-refractivity contribution >= 4 is 0 Å². The topological polar surface area (TPSA) is 24.1 Å². The lowest BCUT2D eigenvalue weighted by Gasteiger charge is -2.19. The van der Waals surface area contributed by atoms with Crippen LogP contribution >= 0.6 is 0 Å². The molecule has 1 rings (SSSR count). The van der Waals surface area contributed by atoms with Crippen molar-refractivity contribution in [1.29, 1.82) is 0 Å². The average Bonchev–Trinajstić information content (AvgIpc) is 3.09. The van der Waals surface area contributed by atoms with E-state index < -0.39 is 0 Å². The lowest BCUT2D eigenvalue weighted by Crippen LogP contribution is -2.37. The first-order valence-corrected chi connectivity index (χ1v) is 10.8. The molecule has 1 aliphatic heterocycles. The number of hydrogen-bond acceptors (Lipinski definition) is 2. The highest BCUT2D eigenvalue weighted by Crippen LogP contribution is 2.16. The Morgan fingerprint density at radius 3 is 1.48 bits per heavy atom. The summed E-state index contributed by atoms with van der Waals surface area (Å²) in [6.45, 7) is 6.98. The van der Waals surface area contributed by atoms with E-state index in [1.165, 1.54) is 96.3 Å². The van der Waals surface area contributed by atoms with Crippen molar-refractivity contribution in [3.8, 4) is 0 Å². The van der Waals surface area contributed by atoms with Crippen molar-refractivity contribution in [2.24, 2.45) is 5.92 Å². The van der Waals surface area contributed by atoms with Gasteiger partial charge in [-0.3, -0.25) is 0 Å². The maximum absolute atomic E-state index is 3.54. The molecule has 2 N–H and O–H groups in total. The van der Waals surface area contributed by atoms with Crippen LogP contribution in [0.3, 0.4) is 0 Å². The molecule has 0 aromatic rings. The Morgan fingerprint density at radius 2 is 1.04 bits per heavy atom. The summed E-state index contributed by atoms with van der Waals surface area (Å²) in [7, 11) is 0. The maximum atomic E-state index is 3.54. The third-order valence-corrected chi connectivity index (χ3v) is 5.44. The Morgan fingerprint density at radius 1 is 0.652 bits per heavy atom. The van der Waals surface area contributed by atoms with Crippen LogP contribution in [0.15, 0.2) is 0 Å². The molecule has 0 spiro atoms. The van der Waals surface area contributed by atoms with Crippen LogP contribution in [0, 0.1) is 5.92 Å². The summed E-state index contributed by atoms with van der Waals surface area (Å²) in [6.07, 6.45) is 22.3. The quantitative estimate of drug-likeness (QED) is 0.340. The van der Waals surface area contributed by atoms with Gasteiger partial charge in [0.2, 0.25) is 0 Å². The molecule has 2 nitrogen and oxygen atoms in total. The zero-order valence-corrected chi connectivity index (χ0v) is 16.2. The second-order valence-electron chi connectivity index (χ2n) is 7.75. The molecule has 1 unspecified atom stereocenters. The van der Waals surface area contributed by atoms with Crippen LogP contribution in [0.2, 0.25) is 0 Å². The van der Waals surface area contributed by atoms with Crippen molar-refractivity contribution in [1.82, 2.24) is 10.6 Å². The smallest absolute Gasteiger partial charge is 0.0598 e. The Kier molecular flexibility index (Phi) is 14.1. The molecule has 0 bridgehead atoms. The molecule has 0 aliphatic carbocycles. The maximum Gasteiger partial charge on any atom is 0.0598 e. The van der Waals surface area contributed by atoms with E-state index in [0.717, 1.165) is 19.0 Å². The first-order valence-electron chi connectivity index (χ1n) is 10.8. The van der Waals surface area contributed by atoms with Crippen molar-refractivity contribution < 1.29 is 0 Å². The fourth-order valence-electron chi connectivity index (χ4n) is 3.76. The highest BCUT2D eigenvalue weighted by atomic mass is 15.2. The summed E-state index contributed by atoms with van der Waals surface area (Å²) < 4.78 is 0. The molecular weight excluding hydrogens is 280 g/mol. The first-order chi connectivity index (χ1) is 11.3. The standard InChI is InChI=1S/C21H44N2/c1-3-4-5-6-7-8-9-10-11-12-13-14-15-16-17-20(2)21-22-18-19-23-21/h20-23H,3-19H2,1-2H3. The van der Waals surface area contributed by atoms with Crippen LogP contribution in [0.1, 0.15) is 110 Å². The predicted octanol–water partition coefficient (Wildman–Crippen LogP) is 6.01. The van der Waals surface area contributed by atoms with Gasteiger partial charge in [0, 0.05) is 13.1 Å². The number of unbranched alkanes of at least 4 members (excludes halogenated alkanes) is 13. The Balaban J connectivity index is 1.71. The average molecular weight is 325 g/mol. The molecule has 1 atom stereocenters. The summed E-state index contributed by atoms with van der Waals surface area (Å²) in [6, 6.07) is 0. The van der Waals surface area contributed by atoms with Crippen LogP contribution in [-0.4, -0.2) is 19.3 Å². The number of rotatable bonds is 16. The zero-order chi connectivity index (χ0) is 16.6. The predicted molar refractivity (Wildman–Crippen MR) is 104 cm³/mol. The lowest BCUT2D eigenvalue weighted by molar-refractivity contribution is 0.353. The van der Waals surface area contributed by atoms with Gasteiger partial charge in [-0.15, -0.1) is 0 Å². The molecule has 1 fully saturated rings. The van der Waals surface area contributed by atoms with E-state index in [9.17, 15) is 0 Å². The largest absolute Gasteiger partial charge is 0.300 e. The second kappa shape index (κ2) is 15.4. The minimum atomic E-state index is 0.581. The van der Waals surface area contributed by atoms with E-state index in [4.69, 9.17) is 0 Å². The summed E-state index contributed by atoms with van der Waals surface area (Å²) in [4.78, 5) is 0. The van der Waals surface area contributed by atoms with E-state index in [-0.39, 0.29) is 0 Å². The van der Waals surface area contributed by atoms with Crippen molar-refractivity contribution in [2.45, 2.75) is 116 Å². The van der Waals surface area contributed by atoms with Crippen molar-refractivity contribution in [3.63, 3.8) is 0 Å². The van der Waals surface area contributed by atoms with Gasteiger partial charge in [0.05, 0.1) is 6.17 Å². The molecule has 23 heavy (non-hydrogen) atoms. The normalized spacial score (nSPS) is 17.0. The van der Waals surface area contributed by atoms with E-state index >= 15 is 0 Å². The van der Waals surface area contributed by atoms with Gasteiger partial charge in [0.15, 0.2) is 0 Å². The second-order valence-corrected chi connectivity index (χ2v) is 7.75. The van der Waals surface area contributed by atoms with Gasteiger partial charge in [0.1, 0.15) is 0 Å². The molecule has 1 heterocycles. The van der Waals surface area contributed by atoms with E-state index in [2.05, 4.69) is 24.5 Å². The number of hydrogen-bond donors (Lipinski definition) is 2. The molecule has 0 aromatic carbocycles. The minimum Gasteiger partial charge on any atom is -0.300 e. The van der Waals surface area contributed by atoms with Crippen LogP contribution < -0.4 is 10.6 Å². The SMILES string of the molecule is CCCCCCCCCCCCCCCCC(C)C1NCCN1. The monoisotopic (exact) mass is 324 g/mol. The van der Waals surface area contributed by atoms with E-state index in [0.29, 0.717) is 6.17 Å². The van der Waals surface area contributed by atoms with Gasteiger partial charge in [0.25, 0.3) is 0 Å². The molecular formula is C21H44N2. The Labute approximate surface area is 146 Å². The van der Waals surface area contributed by atoms with Gasteiger partial charge in [-0.2, -0.15) is 0 Å². The van der Waals surface area contributed by atoms with E-state index in [1.807, 2.05) is 0 Å². The molecule has 0 amide bonds. The fourth-order valence-corrected chi connectivity index (χ4v) is 3.76. The van der Waals surface area contributed by atoms with Crippen LogP contribution in [0.5, 0.6) is 0 Å². The Hall–Kier alpha value is -0.0800. The van der Waals surface area contributed by atoms with Gasteiger partial charge >= 0.3 is 0 Å². The highest BCUT2D eigenvalue weighted by Gasteiger charge is 2.19. The number of nitrogens with one attached hydrogen (secondary N) is 2. The van der Waals surface area contributed by atoms with Crippen LogP contribution in [0.4, 0.5) is 0 Å². The van der Waals surface area contributed by atoms with Crippen LogP contribution in [0.25, 0.3) is 0 Å². The molecule has 0 saturated carbocycles. The highest BCUT2D eigenvalue weighted by molar-refractivity contribution is 4.77. The summed E-state index contributed by atoms with van der Waals surface area (Å²) in [5.41, 5.74) is 0. The molecule has 1 aliphatic rings. The summed E-state index contributed by atoms with van der Waals surface area (Å²) in [5, 5.41) is 7.09. The molecule has 2 heteroatoms. The lowest BCUT2D eigenvalue weighted by atomic mass is 9.99. The Bertz CT molecular complexity index is 236. The van der Waals surface area contributed by atoms with Crippen molar-refractivity contribution in [2.75, 3.05) is 13.1 Å². The van der Waals surface area contributed by atoms with Gasteiger partial charge in [-0.1, -0.05) is 104 Å². The molecule has 138 valence electrons. The van der Waals surface area contributed by atoms with Crippen molar-refractivity contribution in [3.05, 3.63) is 0 Å². The zero-order valence-electron chi connectivity index (χ0n) is 16.2. The van der Waals surface area contributed by atoms with Gasteiger partial charge in [-0.25, -0.2) is 0 Å².